The van der Waals surface area contributed by atoms with E-state index in [0.717, 1.165) is 19.1 Å². The van der Waals surface area contributed by atoms with Crippen molar-refractivity contribution in [3.63, 3.8) is 0 Å². The second-order valence-electron chi connectivity index (χ2n) is 5.98. The predicted molar refractivity (Wildman–Crippen MR) is 68.1 cm³/mol. The Bertz CT molecular complexity index is 319. The zero-order valence-corrected chi connectivity index (χ0v) is 10.8. The van der Waals surface area contributed by atoms with Gasteiger partial charge in [0.05, 0.1) is 12.1 Å². The summed E-state index contributed by atoms with van der Waals surface area (Å²) in [5.74, 6) is 0.664. The van der Waals surface area contributed by atoms with Gasteiger partial charge in [-0.15, -0.1) is 0 Å². The van der Waals surface area contributed by atoms with Gasteiger partial charge in [0.2, 0.25) is 5.91 Å². The minimum atomic E-state index is -0.363. The van der Waals surface area contributed by atoms with Gasteiger partial charge in [0.1, 0.15) is 0 Å². The number of likely N-dealkylation sites (tertiary alicyclic amines) is 1. The van der Waals surface area contributed by atoms with Gasteiger partial charge in [0.15, 0.2) is 0 Å². The van der Waals surface area contributed by atoms with E-state index >= 15 is 0 Å². The van der Waals surface area contributed by atoms with Gasteiger partial charge in [0.25, 0.3) is 0 Å². The number of carbonyl (C=O) groups excluding carboxylic acids is 1. The Kier molecular flexibility index (Phi) is 3.54. The van der Waals surface area contributed by atoms with Crippen LogP contribution in [-0.4, -0.2) is 60.3 Å². The van der Waals surface area contributed by atoms with E-state index in [4.69, 9.17) is 0 Å². The maximum atomic E-state index is 11.9. The smallest absolute Gasteiger partial charge is 0.237 e. The zero-order chi connectivity index (χ0) is 12.5. The lowest BCUT2D eigenvalue weighted by atomic mass is 10.1. The molecule has 1 amide bonds. The maximum Gasteiger partial charge on any atom is 0.237 e. The third kappa shape index (κ3) is 2.84. The molecule has 2 saturated heterocycles. The lowest BCUT2D eigenvalue weighted by molar-refractivity contribution is -0.123. The van der Waals surface area contributed by atoms with Crippen LogP contribution in [0.2, 0.25) is 0 Å². The van der Waals surface area contributed by atoms with Crippen LogP contribution < -0.4 is 10.6 Å². The highest BCUT2D eigenvalue weighted by atomic mass is 16.3. The number of rotatable bonds is 4. The Morgan fingerprint density at radius 3 is 2.89 bits per heavy atom. The van der Waals surface area contributed by atoms with Gasteiger partial charge >= 0.3 is 0 Å². The summed E-state index contributed by atoms with van der Waals surface area (Å²) in [5, 5.41) is 15.5. The predicted octanol–water partition coefficient (Wildman–Crippen LogP) is -0.690. The number of aliphatic hydroxyl groups is 1. The quantitative estimate of drug-likeness (QED) is 0.620. The van der Waals surface area contributed by atoms with Gasteiger partial charge in [-0.2, -0.15) is 0 Å². The molecule has 1 saturated carbocycles. The molecule has 18 heavy (non-hydrogen) atoms. The number of aliphatic hydroxyl groups excluding tert-OH is 1. The molecule has 0 spiro atoms. The van der Waals surface area contributed by atoms with E-state index in [1.165, 1.54) is 25.8 Å². The van der Waals surface area contributed by atoms with Crippen molar-refractivity contribution in [2.75, 3.05) is 26.2 Å². The first-order valence-corrected chi connectivity index (χ1v) is 7.15. The first-order valence-electron chi connectivity index (χ1n) is 7.15. The van der Waals surface area contributed by atoms with E-state index in [1.54, 1.807) is 0 Å². The molecule has 1 aliphatic carbocycles. The number of hydrogen-bond donors (Lipinski definition) is 3. The lowest BCUT2D eigenvalue weighted by Gasteiger charge is -2.16. The molecule has 3 rings (SSSR count). The average Bonchev–Trinajstić information content (AvgIpc) is 2.95. The molecular formula is C13H23N3O2. The Morgan fingerprint density at radius 2 is 2.22 bits per heavy atom. The molecular weight excluding hydrogens is 230 g/mol. The molecule has 0 aromatic carbocycles. The highest BCUT2D eigenvalue weighted by molar-refractivity contribution is 5.82. The number of β-amino-alcohol motifs (C(OH)–C–C–N with tert-alkyl or cyclic N) is 1. The molecule has 0 aromatic rings. The number of nitrogens with zero attached hydrogens (tertiary/aromatic N) is 1. The monoisotopic (exact) mass is 253 g/mol. The third-order valence-electron chi connectivity index (χ3n) is 4.37. The summed E-state index contributed by atoms with van der Waals surface area (Å²) in [6.07, 6.45) is 4.12. The van der Waals surface area contributed by atoms with Crippen LogP contribution in [0.3, 0.4) is 0 Å². The zero-order valence-electron chi connectivity index (χ0n) is 10.8. The van der Waals surface area contributed by atoms with Gasteiger partial charge in [-0.25, -0.2) is 0 Å². The second-order valence-corrected chi connectivity index (χ2v) is 5.98. The number of amides is 1. The van der Waals surface area contributed by atoms with Crippen molar-refractivity contribution in [2.24, 2.45) is 5.92 Å². The van der Waals surface area contributed by atoms with Gasteiger partial charge in [-0.05, 0) is 38.1 Å². The first kappa shape index (κ1) is 12.4. The molecule has 0 radical (unpaired) electrons. The third-order valence-corrected chi connectivity index (χ3v) is 4.37. The SMILES string of the molecule is O=C(NCC1CCN(C2CC2)C1)C1CC(O)CN1. The van der Waals surface area contributed by atoms with Crippen LogP contribution in [0.4, 0.5) is 0 Å². The molecule has 2 aliphatic heterocycles. The second kappa shape index (κ2) is 5.15. The van der Waals surface area contributed by atoms with E-state index in [1.807, 2.05) is 0 Å². The Hall–Kier alpha value is -0.650. The van der Waals surface area contributed by atoms with Gasteiger partial charge in [0, 0.05) is 25.7 Å². The van der Waals surface area contributed by atoms with Crippen molar-refractivity contribution >= 4 is 5.91 Å². The van der Waals surface area contributed by atoms with Crippen LogP contribution in [0.1, 0.15) is 25.7 Å². The molecule has 3 N–H and O–H groups in total. The standard InChI is InChI=1S/C13H23N3O2/c17-11-5-12(14-7-11)13(18)15-6-9-3-4-16(8-9)10-1-2-10/h9-12,14,17H,1-8H2,(H,15,18). The first-order chi connectivity index (χ1) is 8.72. The van der Waals surface area contributed by atoms with Crippen molar-refractivity contribution in [1.29, 1.82) is 0 Å². The fourth-order valence-corrected chi connectivity index (χ4v) is 3.09. The number of nitrogens with one attached hydrogen (secondary N) is 2. The van der Waals surface area contributed by atoms with Crippen molar-refractivity contribution < 1.29 is 9.90 Å². The van der Waals surface area contributed by atoms with Gasteiger partial charge in [-0.1, -0.05) is 0 Å². The summed E-state index contributed by atoms with van der Waals surface area (Å²) in [5.41, 5.74) is 0. The molecule has 3 aliphatic rings. The van der Waals surface area contributed by atoms with E-state index in [0.29, 0.717) is 18.9 Å². The molecule has 3 unspecified atom stereocenters. The molecule has 0 bridgehead atoms. The number of hydrogen-bond acceptors (Lipinski definition) is 4. The summed E-state index contributed by atoms with van der Waals surface area (Å²) in [4.78, 5) is 14.4. The average molecular weight is 253 g/mol. The summed E-state index contributed by atoms with van der Waals surface area (Å²) in [7, 11) is 0. The van der Waals surface area contributed by atoms with E-state index in [2.05, 4.69) is 15.5 Å². The van der Waals surface area contributed by atoms with Crippen LogP contribution >= 0.6 is 0 Å². The van der Waals surface area contributed by atoms with Crippen molar-refractivity contribution in [2.45, 2.75) is 43.9 Å². The van der Waals surface area contributed by atoms with Crippen molar-refractivity contribution in [1.82, 2.24) is 15.5 Å². The molecule has 2 heterocycles. The van der Waals surface area contributed by atoms with Crippen molar-refractivity contribution in [3.05, 3.63) is 0 Å². The summed E-state index contributed by atoms with van der Waals surface area (Å²) < 4.78 is 0. The molecule has 0 aromatic heterocycles. The minimum absolute atomic E-state index is 0.0522. The van der Waals surface area contributed by atoms with Gasteiger partial charge < -0.3 is 20.6 Å². The fraction of sp³-hybridized carbons (Fsp3) is 0.923. The van der Waals surface area contributed by atoms with Crippen molar-refractivity contribution in [3.8, 4) is 0 Å². The molecule has 3 atom stereocenters. The molecule has 3 fully saturated rings. The number of carbonyl (C=O) groups is 1. The van der Waals surface area contributed by atoms with Crippen LogP contribution in [0, 0.1) is 5.92 Å². The van der Waals surface area contributed by atoms with Crippen LogP contribution in [0.25, 0.3) is 0 Å². The summed E-state index contributed by atoms with van der Waals surface area (Å²) in [6.45, 7) is 3.67. The van der Waals surface area contributed by atoms with E-state index in [9.17, 15) is 9.90 Å². The molecule has 102 valence electrons. The Morgan fingerprint density at radius 1 is 1.39 bits per heavy atom. The molecule has 5 heteroatoms. The Balaban J connectivity index is 1.37. The van der Waals surface area contributed by atoms with Crippen LogP contribution in [0.15, 0.2) is 0 Å². The maximum absolute atomic E-state index is 11.9. The van der Waals surface area contributed by atoms with Gasteiger partial charge in [-0.3, -0.25) is 4.79 Å². The van der Waals surface area contributed by atoms with E-state index in [-0.39, 0.29) is 18.1 Å². The highest BCUT2D eigenvalue weighted by Crippen LogP contribution is 2.31. The largest absolute Gasteiger partial charge is 0.392 e. The van der Waals surface area contributed by atoms with E-state index < -0.39 is 0 Å². The highest BCUT2D eigenvalue weighted by Gasteiger charge is 2.35. The molecule has 5 nitrogen and oxygen atoms in total. The van der Waals surface area contributed by atoms with Crippen LogP contribution in [-0.2, 0) is 4.79 Å². The summed E-state index contributed by atoms with van der Waals surface area (Å²) in [6, 6.07) is 0.651. The topological polar surface area (TPSA) is 64.6 Å². The lowest BCUT2D eigenvalue weighted by Crippen LogP contribution is -2.42. The van der Waals surface area contributed by atoms with Crippen LogP contribution in [0.5, 0.6) is 0 Å². The fourth-order valence-electron chi connectivity index (χ4n) is 3.09. The minimum Gasteiger partial charge on any atom is -0.392 e. The Labute approximate surface area is 108 Å². The summed E-state index contributed by atoms with van der Waals surface area (Å²) >= 11 is 0. The normalized spacial score (nSPS) is 37.1.